The number of para-hydroxylation sites is 1. The van der Waals surface area contributed by atoms with Crippen LogP contribution in [0.2, 0.25) is 0 Å². The number of fused-ring (bicyclic) bond motifs is 1. The molecule has 124 valence electrons. The predicted molar refractivity (Wildman–Crippen MR) is 83.9 cm³/mol. The number of phenols is 2. The normalized spacial score (nSPS) is 15.7. The predicted octanol–water partition coefficient (Wildman–Crippen LogP) is 2.95. The molecule has 1 aliphatic rings. The third kappa shape index (κ3) is 3.03. The van der Waals surface area contributed by atoms with Gasteiger partial charge in [0.05, 0.1) is 12.2 Å². The van der Waals surface area contributed by atoms with Crippen LogP contribution in [0, 0.1) is 0 Å². The van der Waals surface area contributed by atoms with Crippen LogP contribution < -0.4 is 0 Å². The van der Waals surface area contributed by atoms with Gasteiger partial charge in [0.25, 0.3) is 0 Å². The number of benzene rings is 2. The number of aromatic hydroxyl groups is 2. The fraction of sp³-hybridized carbons (Fsp3) is 0.222. The smallest absolute Gasteiger partial charge is 0.342 e. The summed E-state index contributed by atoms with van der Waals surface area (Å²) in [6.45, 7) is 0.115. The number of esters is 2. The van der Waals surface area contributed by atoms with Gasteiger partial charge >= 0.3 is 11.9 Å². The maximum Gasteiger partial charge on any atom is 0.342 e. The molecule has 0 saturated carbocycles. The molecule has 0 aliphatic carbocycles. The molecule has 0 bridgehead atoms. The van der Waals surface area contributed by atoms with Gasteiger partial charge in [-0.25, -0.2) is 9.59 Å². The molecule has 2 N–H and O–H groups in total. The largest absolute Gasteiger partial charge is 0.504 e. The van der Waals surface area contributed by atoms with E-state index < -0.39 is 11.7 Å². The maximum absolute atomic E-state index is 11.9. The molecule has 0 aromatic heterocycles. The molecule has 0 amide bonds. The Labute approximate surface area is 138 Å². The first-order valence-electron chi connectivity index (χ1n) is 7.56. The molecule has 6 nitrogen and oxygen atoms in total. The summed E-state index contributed by atoms with van der Waals surface area (Å²) in [5.74, 6) is -1.93. The number of ether oxygens (including phenoxy) is 2. The number of carbonyl (C=O) groups excluding carboxylic acids is 2. The first kappa shape index (κ1) is 15.9. The van der Waals surface area contributed by atoms with Gasteiger partial charge in [-0.2, -0.15) is 0 Å². The lowest BCUT2D eigenvalue weighted by Gasteiger charge is -2.11. The van der Waals surface area contributed by atoms with Crippen LogP contribution in [-0.4, -0.2) is 28.8 Å². The molecule has 0 spiro atoms. The maximum atomic E-state index is 11.9. The first-order chi connectivity index (χ1) is 11.6. The van der Waals surface area contributed by atoms with Crippen molar-refractivity contribution in [3.05, 3.63) is 59.2 Å². The molecule has 0 saturated heterocycles. The second-order valence-electron chi connectivity index (χ2n) is 5.43. The number of hydrogen-bond acceptors (Lipinski definition) is 6. The van der Waals surface area contributed by atoms with Crippen molar-refractivity contribution in [3.63, 3.8) is 0 Å². The summed E-state index contributed by atoms with van der Waals surface area (Å²) in [6.07, 6.45) is 0.696. The number of rotatable bonds is 5. The molecule has 0 radical (unpaired) electrons. The van der Waals surface area contributed by atoms with E-state index in [1.807, 2.05) is 12.1 Å². The molecule has 24 heavy (non-hydrogen) atoms. The number of phenolic OH excluding ortho intramolecular Hbond substituents is 2. The van der Waals surface area contributed by atoms with Gasteiger partial charge in [0.1, 0.15) is 11.7 Å². The molecule has 2 aromatic rings. The second kappa shape index (κ2) is 6.62. The Morgan fingerprint density at radius 3 is 2.75 bits per heavy atom. The van der Waals surface area contributed by atoms with Crippen molar-refractivity contribution in [2.24, 2.45) is 0 Å². The van der Waals surface area contributed by atoms with Gasteiger partial charge in [0.2, 0.25) is 0 Å². The molecule has 6 heteroatoms. The highest BCUT2D eigenvalue weighted by Crippen LogP contribution is 2.33. The van der Waals surface area contributed by atoms with Crippen LogP contribution in [-0.2, 0) is 9.47 Å². The van der Waals surface area contributed by atoms with Crippen molar-refractivity contribution < 1.29 is 29.3 Å². The van der Waals surface area contributed by atoms with E-state index in [4.69, 9.17) is 9.47 Å². The SMILES string of the molecule is O=C1OC(CCCOC(=O)c2cccc(O)c2O)c2ccccc21. The number of cyclic esters (lactones) is 1. The Hall–Kier alpha value is -3.02. The molecule has 1 atom stereocenters. The van der Waals surface area contributed by atoms with Crippen LogP contribution in [0.1, 0.15) is 45.2 Å². The van der Waals surface area contributed by atoms with E-state index in [-0.39, 0.29) is 30.0 Å². The summed E-state index contributed by atoms with van der Waals surface area (Å²) in [6, 6.07) is 11.3. The van der Waals surface area contributed by atoms with E-state index in [1.54, 1.807) is 12.1 Å². The van der Waals surface area contributed by atoms with Gasteiger partial charge in [-0.3, -0.25) is 0 Å². The molecule has 1 heterocycles. The summed E-state index contributed by atoms with van der Waals surface area (Å²) in [4.78, 5) is 23.6. The summed E-state index contributed by atoms with van der Waals surface area (Å²) in [5.41, 5.74) is 1.33. The Balaban J connectivity index is 1.52. The van der Waals surface area contributed by atoms with E-state index in [0.717, 1.165) is 5.56 Å². The monoisotopic (exact) mass is 328 g/mol. The zero-order valence-corrected chi connectivity index (χ0v) is 12.8. The average molecular weight is 328 g/mol. The van der Waals surface area contributed by atoms with E-state index in [1.165, 1.54) is 18.2 Å². The summed E-state index contributed by atoms with van der Waals surface area (Å²) >= 11 is 0. The lowest BCUT2D eigenvalue weighted by atomic mass is 10.0. The highest BCUT2D eigenvalue weighted by molar-refractivity contribution is 5.94. The van der Waals surface area contributed by atoms with Gasteiger partial charge in [-0.05, 0) is 31.0 Å². The van der Waals surface area contributed by atoms with Crippen LogP contribution in [0.3, 0.4) is 0 Å². The quantitative estimate of drug-likeness (QED) is 0.498. The highest BCUT2D eigenvalue weighted by Gasteiger charge is 2.29. The Bertz CT molecular complexity index is 783. The zero-order valence-electron chi connectivity index (χ0n) is 12.8. The van der Waals surface area contributed by atoms with Gasteiger partial charge in [-0.1, -0.05) is 24.3 Å². The number of hydrogen-bond donors (Lipinski definition) is 2. The molecule has 1 aliphatic heterocycles. The van der Waals surface area contributed by atoms with Crippen molar-refractivity contribution >= 4 is 11.9 Å². The van der Waals surface area contributed by atoms with Crippen molar-refractivity contribution in [1.29, 1.82) is 0 Å². The summed E-state index contributed by atoms with van der Waals surface area (Å²) in [5, 5.41) is 19.0. The molecule has 2 aromatic carbocycles. The minimum Gasteiger partial charge on any atom is -0.504 e. The minimum atomic E-state index is -0.716. The summed E-state index contributed by atoms with van der Waals surface area (Å²) in [7, 11) is 0. The van der Waals surface area contributed by atoms with E-state index in [9.17, 15) is 19.8 Å². The van der Waals surface area contributed by atoms with Crippen molar-refractivity contribution in [3.8, 4) is 11.5 Å². The molecular weight excluding hydrogens is 312 g/mol. The van der Waals surface area contributed by atoms with E-state index in [2.05, 4.69) is 0 Å². The van der Waals surface area contributed by atoms with Crippen molar-refractivity contribution in [2.75, 3.05) is 6.61 Å². The van der Waals surface area contributed by atoms with Crippen molar-refractivity contribution in [2.45, 2.75) is 18.9 Å². The Morgan fingerprint density at radius 2 is 1.92 bits per heavy atom. The Kier molecular flexibility index (Phi) is 4.37. The van der Waals surface area contributed by atoms with Gasteiger partial charge in [0, 0.05) is 5.56 Å². The third-order valence-electron chi connectivity index (χ3n) is 3.86. The molecule has 1 unspecified atom stereocenters. The zero-order chi connectivity index (χ0) is 17.1. The van der Waals surface area contributed by atoms with E-state index >= 15 is 0 Å². The fourth-order valence-corrected chi connectivity index (χ4v) is 2.64. The standard InChI is InChI=1S/C18H16O6/c19-14-8-3-7-13(16(14)20)17(21)23-10-4-9-15-11-5-1-2-6-12(11)18(22)24-15/h1-3,5-8,15,19-20H,4,9-10H2. The van der Waals surface area contributed by atoms with Crippen LogP contribution in [0.5, 0.6) is 11.5 Å². The van der Waals surface area contributed by atoms with E-state index in [0.29, 0.717) is 18.4 Å². The lowest BCUT2D eigenvalue weighted by molar-refractivity contribution is 0.0315. The summed E-state index contributed by atoms with van der Waals surface area (Å²) < 4.78 is 10.4. The Morgan fingerprint density at radius 1 is 1.12 bits per heavy atom. The van der Waals surface area contributed by atoms with Gasteiger partial charge < -0.3 is 19.7 Å². The third-order valence-corrected chi connectivity index (χ3v) is 3.86. The topological polar surface area (TPSA) is 93.1 Å². The molecular formula is C18H16O6. The fourth-order valence-electron chi connectivity index (χ4n) is 2.64. The van der Waals surface area contributed by atoms with Gasteiger partial charge in [0.15, 0.2) is 11.5 Å². The number of carbonyl (C=O) groups is 2. The van der Waals surface area contributed by atoms with Crippen LogP contribution in [0.25, 0.3) is 0 Å². The van der Waals surface area contributed by atoms with Crippen LogP contribution >= 0.6 is 0 Å². The lowest BCUT2D eigenvalue weighted by Crippen LogP contribution is -2.08. The van der Waals surface area contributed by atoms with Gasteiger partial charge in [-0.15, -0.1) is 0 Å². The van der Waals surface area contributed by atoms with Crippen LogP contribution in [0.4, 0.5) is 0 Å². The second-order valence-corrected chi connectivity index (χ2v) is 5.43. The first-order valence-corrected chi connectivity index (χ1v) is 7.56. The van der Waals surface area contributed by atoms with Crippen molar-refractivity contribution in [1.82, 2.24) is 0 Å². The highest BCUT2D eigenvalue weighted by atomic mass is 16.6. The minimum absolute atomic E-state index is 0.0901. The molecule has 0 fully saturated rings. The van der Waals surface area contributed by atoms with Crippen LogP contribution in [0.15, 0.2) is 42.5 Å². The molecule has 3 rings (SSSR count). The average Bonchev–Trinajstić information content (AvgIpc) is 2.90.